The van der Waals surface area contributed by atoms with Gasteiger partial charge in [-0.1, -0.05) is 6.07 Å². The highest BCUT2D eigenvalue weighted by Crippen LogP contribution is 2.37. The highest BCUT2D eigenvalue weighted by molar-refractivity contribution is 5.84. The molecule has 0 saturated carbocycles. The third kappa shape index (κ3) is 3.42. The van der Waals surface area contributed by atoms with Crippen LogP contribution in [0.3, 0.4) is 0 Å². The van der Waals surface area contributed by atoms with E-state index in [2.05, 4.69) is 33.9 Å². The van der Waals surface area contributed by atoms with Crippen LogP contribution in [0.15, 0.2) is 48.7 Å². The second-order valence-electron chi connectivity index (χ2n) is 8.10. The van der Waals surface area contributed by atoms with Gasteiger partial charge in [-0.05, 0) is 61.7 Å². The minimum atomic E-state index is 0.238. The molecule has 0 atom stereocenters. The van der Waals surface area contributed by atoms with Crippen LogP contribution in [0.2, 0.25) is 0 Å². The normalized spacial score (nSPS) is 15.9. The Morgan fingerprint density at radius 2 is 1.84 bits per heavy atom. The number of nitrogens with one attached hydrogen (secondary N) is 1. The Morgan fingerprint density at radius 1 is 0.969 bits per heavy atom. The Labute approximate surface area is 185 Å². The van der Waals surface area contributed by atoms with Crippen molar-refractivity contribution < 1.29 is 14.2 Å². The van der Waals surface area contributed by atoms with Crippen molar-refractivity contribution >= 4 is 17.0 Å². The van der Waals surface area contributed by atoms with E-state index in [1.165, 1.54) is 0 Å². The topological polar surface area (TPSA) is 83.3 Å². The average molecular weight is 429 g/mol. The van der Waals surface area contributed by atoms with Gasteiger partial charge in [-0.2, -0.15) is 4.98 Å². The molecule has 0 spiro atoms. The number of rotatable bonds is 4. The number of anilines is 1. The molecule has 2 aromatic heterocycles. The van der Waals surface area contributed by atoms with E-state index in [0.29, 0.717) is 12.0 Å². The van der Waals surface area contributed by atoms with Gasteiger partial charge in [0, 0.05) is 31.0 Å². The van der Waals surface area contributed by atoms with Crippen molar-refractivity contribution in [3.63, 3.8) is 0 Å². The summed E-state index contributed by atoms with van der Waals surface area (Å²) in [4.78, 5) is 14.2. The fourth-order valence-corrected chi connectivity index (χ4v) is 4.21. The van der Waals surface area contributed by atoms with Gasteiger partial charge in [-0.3, -0.25) is 4.57 Å². The minimum Gasteiger partial charge on any atom is -0.454 e. The molecule has 8 heteroatoms. The van der Waals surface area contributed by atoms with Crippen molar-refractivity contribution in [2.24, 2.45) is 0 Å². The van der Waals surface area contributed by atoms with Crippen molar-refractivity contribution in [3.8, 4) is 28.7 Å². The Morgan fingerprint density at radius 3 is 2.75 bits per heavy atom. The molecule has 162 valence electrons. The van der Waals surface area contributed by atoms with E-state index in [1.807, 2.05) is 30.3 Å². The molecular formula is C24H23N5O3. The van der Waals surface area contributed by atoms with Crippen molar-refractivity contribution in [1.29, 1.82) is 0 Å². The number of aryl methyl sites for hydroxylation is 1. The first-order valence-electron chi connectivity index (χ1n) is 10.8. The maximum Gasteiger partial charge on any atom is 0.231 e. The van der Waals surface area contributed by atoms with E-state index in [4.69, 9.17) is 24.2 Å². The third-order valence-electron chi connectivity index (χ3n) is 5.87. The van der Waals surface area contributed by atoms with Crippen LogP contribution in [-0.2, 0) is 4.74 Å². The molecule has 8 nitrogen and oxygen atoms in total. The Bertz CT molecular complexity index is 1300. The lowest BCUT2D eigenvalue weighted by Gasteiger charge is -2.23. The molecule has 1 saturated heterocycles. The molecule has 0 amide bonds. The summed E-state index contributed by atoms with van der Waals surface area (Å²) >= 11 is 0. The molecule has 1 fully saturated rings. The molecule has 0 aliphatic carbocycles. The van der Waals surface area contributed by atoms with E-state index in [9.17, 15) is 0 Å². The number of imidazole rings is 1. The van der Waals surface area contributed by atoms with Crippen LogP contribution >= 0.6 is 0 Å². The Hall–Kier alpha value is -3.65. The number of hydrogen-bond donors (Lipinski definition) is 1. The molecular weight excluding hydrogens is 406 g/mol. The molecule has 0 bridgehead atoms. The smallest absolute Gasteiger partial charge is 0.231 e. The Kier molecular flexibility index (Phi) is 4.65. The third-order valence-corrected chi connectivity index (χ3v) is 5.87. The summed E-state index contributed by atoms with van der Waals surface area (Å²) in [6.07, 6.45) is 3.68. The molecule has 2 aliphatic heterocycles. The zero-order valence-electron chi connectivity index (χ0n) is 17.7. The van der Waals surface area contributed by atoms with E-state index < -0.39 is 0 Å². The maximum atomic E-state index is 5.60. The maximum absolute atomic E-state index is 5.60. The summed E-state index contributed by atoms with van der Waals surface area (Å²) in [5.74, 6) is 3.63. The lowest BCUT2D eigenvalue weighted by Crippen LogP contribution is -2.28. The summed E-state index contributed by atoms with van der Waals surface area (Å²) in [7, 11) is 0. The number of benzene rings is 2. The first kappa shape index (κ1) is 19.1. The van der Waals surface area contributed by atoms with Gasteiger partial charge in [-0.25, -0.2) is 9.97 Å². The van der Waals surface area contributed by atoms with Crippen LogP contribution in [0.5, 0.6) is 11.5 Å². The molecule has 0 radical (unpaired) electrons. The second-order valence-corrected chi connectivity index (χ2v) is 8.10. The number of hydrogen-bond acceptors (Lipinski definition) is 7. The van der Waals surface area contributed by atoms with E-state index >= 15 is 0 Å². The zero-order chi connectivity index (χ0) is 21.5. The van der Waals surface area contributed by atoms with Crippen LogP contribution in [0.1, 0.15) is 18.4 Å². The van der Waals surface area contributed by atoms with Crippen molar-refractivity contribution in [1.82, 2.24) is 19.5 Å². The highest BCUT2D eigenvalue weighted by atomic mass is 16.7. The zero-order valence-corrected chi connectivity index (χ0v) is 17.7. The summed E-state index contributed by atoms with van der Waals surface area (Å²) in [5, 5.41) is 3.46. The molecule has 1 N–H and O–H groups in total. The highest BCUT2D eigenvalue weighted by Gasteiger charge is 2.20. The number of aromatic nitrogens is 4. The molecule has 6 rings (SSSR count). The van der Waals surface area contributed by atoms with Gasteiger partial charge in [0.1, 0.15) is 11.6 Å². The van der Waals surface area contributed by atoms with Crippen LogP contribution in [-0.4, -0.2) is 45.6 Å². The molecule has 4 aromatic rings. The van der Waals surface area contributed by atoms with E-state index in [-0.39, 0.29) is 6.79 Å². The number of fused-ring (bicyclic) bond motifs is 2. The van der Waals surface area contributed by atoms with Crippen LogP contribution < -0.4 is 14.8 Å². The van der Waals surface area contributed by atoms with Gasteiger partial charge in [0.25, 0.3) is 0 Å². The number of ether oxygens (including phenoxy) is 3. The summed E-state index contributed by atoms with van der Waals surface area (Å²) in [6.45, 7) is 3.84. The summed E-state index contributed by atoms with van der Waals surface area (Å²) < 4.78 is 18.6. The van der Waals surface area contributed by atoms with Gasteiger partial charge in [0.15, 0.2) is 11.5 Å². The largest absolute Gasteiger partial charge is 0.454 e. The van der Waals surface area contributed by atoms with Crippen LogP contribution in [0.4, 0.5) is 5.95 Å². The van der Waals surface area contributed by atoms with Gasteiger partial charge >= 0.3 is 0 Å². The minimum absolute atomic E-state index is 0.238. The van der Waals surface area contributed by atoms with Crippen LogP contribution in [0.25, 0.3) is 28.2 Å². The van der Waals surface area contributed by atoms with Gasteiger partial charge in [0.05, 0.1) is 11.0 Å². The van der Waals surface area contributed by atoms with Crippen molar-refractivity contribution in [2.45, 2.75) is 25.8 Å². The quantitative estimate of drug-likeness (QED) is 0.523. The average Bonchev–Trinajstić information content (AvgIpc) is 3.43. The Balaban J connectivity index is 1.47. The predicted molar refractivity (Wildman–Crippen MR) is 120 cm³/mol. The molecule has 32 heavy (non-hydrogen) atoms. The molecule has 2 aliphatic rings. The fraction of sp³-hybridized carbons (Fsp3) is 0.292. The van der Waals surface area contributed by atoms with Crippen molar-refractivity contribution in [2.75, 3.05) is 25.3 Å². The summed E-state index contributed by atoms with van der Waals surface area (Å²) in [5.41, 5.74) is 3.99. The first-order valence-corrected chi connectivity index (χ1v) is 10.8. The monoisotopic (exact) mass is 429 g/mol. The van der Waals surface area contributed by atoms with E-state index in [1.54, 1.807) is 6.20 Å². The number of nitrogens with zero attached hydrogens (tertiary/aromatic N) is 4. The van der Waals surface area contributed by atoms with Gasteiger partial charge in [0.2, 0.25) is 12.7 Å². The standard InChI is InChI=1S/C24H23N5O3/c1-15-2-4-18-19(12-15)29(23(27-18)16-3-5-20-21(13-16)32-14-31-20)22-6-9-25-24(28-22)26-17-7-10-30-11-8-17/h2-6,9,12-13,17H,7-8,10-11,14H2,1H3,(H,25,26,28). The predicted octanol–water partition coefficient (Wildman–Crippen LogP) is 4.11. The second kappa shape index (κ2) is 7.80. The molecule has 2 aromatic carbocycles. The lowest BCUT2D eigenvalue weighted by molar-refractivity contribution is 0.0903. The van der Waals surface area contributed by atoms with E-state index in [0.717, 1.165) is 71.4 Å². The van der Waals surface area contributed by atoms with Gasteiger partial charge < -0.3 is 19.5 Å². The molecule has 0 unspecified atom stereocenters. The summed E-state index contributed by atoms with van der Waals surface area (Å²) in [6, 6.07) is 14.4. The van der Waals surface area contributed by atoms with Crippen molar-refractivity contribution in [3.05, 3.63) is 54.2 Å². The fourth-order valence-electron chi connectivity index (χ4n) is 4.21. The molecule has 4 heterocycles. The van der Waals surface area contributed by atoms with Crippen LogP contribution in [0, 0.1) is 6.92 Å². The van der Waals surface area contributed by atoms with Gasteiger partial charge in [-0.15, -0.1) is 0 Å². The SMILES string of the molecule is Cc1ccc2nc(-c3ccc4c(c3)OCO4)n(-c3ccnc(NC4CCOCC4)n3)c2c1. The lowest BCUT2D eigenvalue weighted by atomic mass is 10.1. The first-order chi connectivity index (χ1) is 15.7.